The molecule has 0 saturated carbocycles. The predicted octanol–water partition coefficient (Wildman–Crippen LogP) is 0.319. The highest BCUT2D eigenvalue weighted by molar-refractivity contribution is 5.51. The molecule has 0 unspecified atom stereocenters. The third-order valence-corrected chi connectivity index (χ3v) is 1.90. The average molecular weight is 180 g/mol. The number of anilines is 2. The third-order valence-electron chi connectivity index (χ3n) is 1.90. The molecule has 72 valence electrons. The first-order chi connectivity index (χ1) is 6.24. The topological polar surface area (TPSA) is 54.2 Å². The molecular weight excluding hydrogens is 164 g/mol. The van der Waals surface area contributed by atoms with Crippen LogP contribution < -0.4 is 16.0 Å². The molecule has 0 amide bonds. The summed E-state index contributed by atoms with van der Waals surface area (Å²) in [6.45, 7) is 1.92. The highest BCUT2D eigenvalue weighted by Crippen LogP contribution is 2.12. The number of nitrogens with zero attached hydrogens (tertiary/aromatic N) is 2. The maximum Gasteiger partial charge on any atom is 0.125 e. The molecular formula is C9H16N4. The Kier molecular flexibility index (Phi) is 3.52. The van der Waals surface area contributed by atoms with Crippen LogP contribution in [0.5, 0.6) is 0 Å². The summed E-state index contributed by atoms with van der Waals surface area (Å²) in [6.07, 6.45) is 1.72. The lowest BCUT2D eigenvalue weighted by atomic mass is 10.3. The van der Waals surface area contributed by atoms with E-state index in [1.807, 2.05) is 26.2 Å². The Hall–Kier alpha value is -1.29. The monoisotopic (exact) mass is 180 g/mol. The second-order valence-electron chi connectivity index (χ2n) is 2.96. The van der Waals surface area contributed by atoms with Gasteiger partial charge in [-0.15, -0.1) is 0 Å². The van der Waals surface area contributed by atoms with Gasteiger partial charge < -0.3 is 16.0 Å². The smallest absolute Gasteiger partial charge is 0.125 e. The fraction of sp³-hybridized carbons (Fsp3) is 0.444. The van der Waals surface area contributed by atoms with Gasteiger partial charge >= 0.3 is 0 Å². The summed E-state index contributed by atoms with van der Waals surface area (Å²) in [5.74, 6) is 0.564. The third kappa shape index (κ3) is 2.91. The normalized spacial score (nSPS) is 10.0. The summed E-state index contributed by atoms with van der Waals surface area (Å²) in [7, 11) is 3.97. The number of pyridine rings is 1. The Morgan fingerprint density at radius 3 is 3.00 bits per heavy atom. The van der Waals surface area contributed by atoms with Crippen LogP contribution in [-0.2, 0) is 0 Å². The van der Waals surface area contributed by atoms with E-state index < -0.39 is 0 Å². The summed E-state index contributed by atoms with van der Waals surface area (Å²) < 4.78 is 0. The predicted molar refractivity (Wildman–Crippen MR) is 55.8 cm³/mol. The van der Waals surface area contributed by atoms with Gasteiger partial charge in [-0.05, 0) is 13.1 Å². The van der Waals surface area contributed by atoms with Crippen LogP contribution in [0.15, 0.2) is 18.3 Å². The van der Waals surface area contributed by atoms with Crippen LogP contribution in [0, 0.1) is 0 Å². The van der Waals surface area contributed by atoms with E-state index in [1.54, 1.807) is 6.20 Å². The SMILES string of the molecule is CNCCN(C)c1ccnc(N)c1. The molecule has 0 aliphatic rings. The molecule has 13 heavy (non-hydrogen) atoms. The second kappa shape index (κ2) is 4.67. The molecule has 0 spiro atoms. The molecule has 0 bridgehead atoms. The molecule has 0 aromatic carbocycles. The lowest BCUT2D eigenvalue weighted by Gasteiger charge is -2.18. The van der Waals surface area contributed by atoms with E-state index >= 15 is 0 Å². The number of nitrogens with two attached hydrogens (primary N) is 1. The van der Waals surface area contributed by atoms with Crippen molar-refractivity contribution in [1.82, 2.24) is 10.3 Å². The van der Waals surface area contributed by atoms with Gasteiger partial charge in [-0.25, -0.2) is 4.98 Å². The van der Waals surface area contributed by atoms with E-state index in [4.69, 9.17) is 5.73 Å². The van der Waals surface area contributed by atoms with Gasteiger partial charge in [0.2, 0.25) is 0 Å². The molecule has 0 aliphatic heterocycles. The first-order valence-corrected chi connectivity index (χ1v) is 4.31. The second-order valence-corrected chi connectivity index (χ2v) is 2.96. The summed E-state index contributed by atoms with van der Waals surface area (Å²) in [6, 6.07) is 3.82. The van der Waals surface area contributed by atoms with E-state index in [0.29, 0.717) is 5.82 Å². The molecule has 4 nitrogen and oxygen atoms in total. The largest absolute Gasteiger partial charge is 0.384 e. The van der Waals surface area contributed by atoms with E-state index in [9.17, 15) is 0 Å². The van der Waals surface area contributed by atoms with Crippen molar-refractivity contribution in [2.75, 3.05) is 37.8 Å². The summed E-state index contributed by atoms with van der Waals surface area (Å²) in [4.78, 5) is 6.07. The molecule has 1 aromatic heterocycles. The zero-order valence-corrected chi connectivity index (χ0v) is 8.12. The van der Waals surface area contributed by atoms with Crippen LogP contribution in [0.4, 0.5) is 11.5 Å². The van der Waals surface area contributed by atoms with Crippen LogP contribution in [0.2, 0.25) is 0 Å². The van der Waals surface area contributed by atoms with Crippen molar-refractivity contribution < 1.29 is 0 Å². The number of aromatic nitrogens is 1. The summed E-state index contributed by atoms with van der Waals surface area (Å²) in [5.41, 5.74) is 6.67. The van der Waals surface area contributed by atoms with E-state index in [0.717, 1.165) is 18.8 Å². The Labute approximate surface area is 78.8 Å². The van der Waals surface area contributed by atoms with Crippen molar-refractivity contribution in [3.8, 4) is 0 Å². The average Bonchev–Trinajstić information content (AvgIpc) is 2.14. The van der Waals surface area contributed by atoms with Crippen molar-refractivity contribution in [3.63, 3.8) is 0 Å². The Bertz CT molecular complexity index is 262. The zero-order chi connectivity index (χ0) is 9.68. The zero-order valence-electron chi connectivity index (χ0n) is 8.12. The number of likely N-dealkylation sites (N-methyl/N-ethyl adjacent to an activating group) is 2. The molecule has 3 N–H and O–H groups in total. The molecule has 0 saturated heterocycles. The van der Waals surface area contributed by atoms with Gasteiger partial charge in [0.15, 0.2) is 0 Å². The number of rotatable bonds is 4. The Balaban J connectivity index is 2.60. The molecule has 0 aliphatic carbocycles. The van der Waals surface area contributed by atoms with Crippen LogP contribution in [-0.4, -0.2) is 32.2 Å². The minimum atomic E-state index is 0.564. The van der Waals surface area contributed by atoms with Gasteiger partial charge in [-0.1, -0.05) is 0 Å². The standard InChI is InChI=1S/C9H16N4/c1-11-5-6-13(2)8-3-4-12-9(10)7-8/h3-4,7,11H,5-6H2,1-2H3,(H2,10,12). The van der Waals surface area contributed by atoms with Gasteiger partial charge in [0.1, 0.15) is 5.82 Å². The molecule has 0 atom stereocenters. The van der Waals surface area contributed by atoms with Crippen molar-refractivity contribution in [3.05, 3.63) is 18.3 Å². The number of hydrogen-bond acceptors (Lipinski definition) is 4. The van der Waals surface area contributed by atoms with Crippen LogP contribution in [0.3, 0.4) is 0 Å². The molecule has 1 heterocycles. The van der Waals surface area contributed by atoms with Crippen molar-refractivity contribution >= 4 is 11.5 Å². The minimum Gasteiger partial charge on any atom is -0.384 e. The van der Waals surface area contributed by atoms with E-state index in [-0.39, 0.29) is 0 Å². The first-order valence-electron chi connectivity index (χ1n) is 4.31. The molecule has 4 heteroatoms. The first kappa shape index (κ1) is 9.80. The maximum absolute atomic E-state index is 5.57. The minimum absolute atomic E-state index is 0.564. The van der Waals surface area contributed by atoms with Crippen LogP contribution >= 0.6 is 0 Å². The molecule has 0 radical (unpaired) electrons. The fourth-order valence-corrected chi connectivity index (χ4v) is 1.08. The van der Waals surface area contributed by atoms with Gasteiger partial charge in [-0.2, -0.15) is 0 Å². The van der Waals surface area contributed by atoms with E-state index in [2.05, 4.69) is 15.2 Å². The Morgan fingerprint density at radius 1 is 1.62 bits per heavy atom. The molecule has 0 fully saturated rings. The van der Waals surface area contributed by atoms with Crippen LogP contribution in [0.25, 0.3) is 0 Å². The van der Waals surface area contributed by atoms with Crippen molar-refractivity contribution in [2.45, 2.75) is 0 Å². The van der Waals surface area contributed by atoms with Gasteiger partial charge in [0.25, 0.3) is 0 Å². The number of hydrogen-bond donors (Lipinski definition) is 2. The Morgan fingerprint density at radius 2 is 2.38 bits per heavy atom. The highest BCUT2D eigenvalue weighted by Gasteiger charge is 1.99. The molecule has 1 rings (SSSR count). The van der Waals surface area contributed by atoms with Gasteiger partial charge in [0.05, 0.1) is 0 Å². The van der Waals surface area contributed by atoms with Crippen molar-refractivity contribution in [2.24, 2.45) is 0 Å². The van der Waals surface area contributed by atoms with Gasteiger partial charge in [0, 0.05) is 38.1 Å². The van der Waals surface area contributed by atoms with Crippen molar-refractivity contribution in [1.29, 1.82) is 0 Å². The highest BCUT2D eigenvalue weighted by atomic mass is 15.1. The number of nitrogens with one attached hydrogen (secondary N) is 1. The quantitative estimate of drug-likeness (QED) is 0.700. The lowest BCUT2D eigenvalue weighted by molar-refractivity contribution is 0.767. The fourth-order valence-electron chi connectivity index (χ4n) is 1.08. The molecule has 1 aromatic rings. The summed E-state index contributed by atoms with van der Waals surface area (Å²) >= 11 is 0. The van der Waals surface area contributed by atoms with Gasteiger partial charge in [-0.3, -0.25) is 0 Å². The maximum atomic E-state index is 5.57. The summed E-state index contributed by atoms with van der Waals surface area (Å²) in [5, 5.41) is 3.09. The lowest BCUT2D eigenvalue weighted by Crippen LogP contribution is -2.27. The van der Waals surface area contributed by atoms with Crippen LogP contribution in [0.1, 0.15) is 0 Å². The number of nitrogen functional groups attached to an aromatic ring is 1. The van der Waals surface area contributed by atoms with E-state index in [1.165, 1.54) is 0 Å².